The minimum Gasteiger partial charge on any atom is -0.378 e. The summed E-state index contributed by atoms with van der Waals surface area (Å²) in [5.74, 6) is 0.654. The van der Waals surface area contributed by atoms with Crippen molar-refractivity contribution >= 4 is 5.91 Å². The lowest BCUT2D eigenvalue weighted by Crippen LogP contribution is -2.40. The average molecular weight is 263 g/mol. The van der Waals surface area contributed by atoms with Gasteiger partial charge in [0.25, 0.3) is 0 Å². The van der Waals surface area contributed by atoms with Gasteiger partial charge in [0.15, 0.2) is 0 Å². The van der Waals surface area contributed by atoms with E-state index in [1.165, 1.54) is 0 Å². The third kappa shape index (κ3) is 2.97. The van der Waals surface area contributed by atoms with Crippen LogP contribution in [-0.4, -0.2) is 46.8 Å². The molecule has 1 amide bonds. The molecule has 3 rings (SSSR count). The molecule has 2 saturated heterocycles. The van der Waals surface area contributed by atoms with E-state index in [1.54, 1.807) is 6.20 Å². The Bertz CT molecular complexity index is 412. The molecule has 2 aliphatic heterocycles. The van der Waals surface area contributed by atoms with Crippen LogP contribution in [0.5, 0.6) is 0 Å². The van der Waals surface area contributed by atoms with Crippen molar-refractivity contribution in [2.75, 3.05) is 19.7 Å². The number of hydrogen-bond acceptors (Lipinski definition) is 3. The summed E-state index contributed by atoms with van der Waals surface area (Å²) in [6.45, 7) is 2.51. The lowest BCUT2D eigenvalue weighted by atomic mass is 9.94. The molecule has 104 valence electrons. The maximum atomic E-state index is 12.3. The van der Waals surface area contributed by atoms with E-state index in [2.05, 4.69) is 10.2 Å². The molecule has 0 radical (unpaired) electrons. The van der Waals surface area contributed by atoms with Gasteiger partial charge in [-0.15, -0.1) is 0 Å². The second kappa shape index (κ2) is 5.74. The van der Waals surface area contributed by atoms with E-state index in [0.717, 1.165) is 51.1 Å². The molecule has 1 aromatic rings. The Labute approximate surface area is 113 Å². The summed E-state index contributed by atoms with van der Waals surface area (Å²) < 4.78 is 5.55. The van der Waals surface area contributed by atoms with Gasteiger partial charge in [0.1, 0.15) is 0 Å². The van der Waals surface area contributed by atoms with Crippen LogP contribution in [0, 0.1) is 0 Å². The molecule has 2 aliphatic rings. The van der Waals surface area contributed by atoms with Gasteiger partial charge < -0.3 is 9.64 Å². The molecule has 1 aromatic heterocycles. The Balaban J connectivity index is 1.56. The fourth-order valence-electron chi connectivity index (χ4n) is 3.08. The van der Waals surface area contributed by atoms with E-state index < -0.39 is 0 Å². The van der Waals surface area contributed by atoms with Crippen molar-refractivity contribution in [3.63, 3.8) is 0 Å². The van der Waals surface area contributed by atoms with Crippen molar-refractivity contribution in [2.45, 2.75) is 44.1 Å². The fraction of sp³-hybridized carbons (Fsp3) is 0.714. The highest BCUT2D eigenvalue weighted by Gasteiger charge is 2.28. The Morgan fingerprint density at radius 3 is 3.16 bits per heavy atom. The molecule has 3 heterocycles. The number of hydrogen-bond donors (Lipinski definition) is 1. The monoisotopic (exact) mass is 263 g/mol. The first-order chi connectivity index (χ1) is 9.33. The second-order valence-corrected chi connectivity index (χ2v) is 5.53. The zero-order valence-corrected chi connectivity index (χ0v) is 11.2. The quantitative estimate of drug-likeness (QED) is 0.902. The summed E-state index contributed by atoms with van der Waals surface area (Å²) >= 11 is 0. The SMILES string of the molecule is O=C(C[C@@H]1CCCO1)N1CCC[C@@H](c2ccn[nH]2)C1. The van der Waals surface area contributed by atoms with Gasteiger partial charge in [-0.2, -0.15) is 5.10 Å². The first-order valence-electron chi connectivity index (χ1n) is 7.21. The van der Waals surface area contributed by atoms with Crippen LogP contribution in [0.15, 0.2) is 12.3 Å². The topological polar surface area (TPSA) is 58.2 Å². The van der Waals surface area contributed by atoms with Crippen LogP contribution in [-0.2, 0) is 9.53 Å². The molecule has 1 N–H and O–H groups in total. The number of nitrogens with zero attached hydrogens (tertiary/aromatic N) is 2. The van der Waals surface area contributed by atoms with Gasteiger partial charge >= 0.3 is 0 Å². The van der Waals surface area contributed by atoms with Gasteiger partial charge in [-0.3, -0.25) is 9.89 Å². The minimum atomic E-state index is 0.153. The Morgan fingerprint density at radius 2 is 2.42 bits per heavy atom. The lowest BCUT2D eigenvalue weighted by Gasteiger charge is -2.32. The van der Waals surface area contributed by atoms with Crippen molar-refractivity contribution in [3.05, 3.63) is 18.0 Å². The van der Waals surface area contributed by atoms with Gasteiger partial charge in [-0.25, -0.2) is 0 Å². The smallest absolute Gasteiger partial charge is 0.225 e. The van der Waals surface area contributed by atoms with Crippen LogP contribution in [0.25, 0.3) is 0 Å². The number of amides is 1. The van der Waals surface area contributed by atoms with Crippen molar-refractivity contribution in [1.82, 2.24) is 15.1 Å². The van der Waals surface area contributed by atoms with Crippen LogP contribution < -0.4 is 0 Å². The van der Waals surface area contributed by atoms with Crippen LogP contribution in [0.1, 0.15) is 43.7 Å². The molecule has 0 aromatic carbocycles. The molecule has 2 atom stereocenters. The number of piperidine rings is 1. The number of aromatic nitrogens is 2. The molecule has 0 spiro atoms. The van der Waals surface area contributed by atoms with Gasteiger partial charge in [0, 0.05) is 37.5 Å². The summed E-state index contributed by atoms with van der Waals surface area (Å²) in [4.78, 5) is 14.3. The van der Waals surface area contributed by atoms with Crippen molar-refractivity contribution < 1.29 is 9.53 Å². The number of nitrogens with one attached hydrogen (secondary N) is 1. The highest BCUT2D eigenvalue weighted by Crippen LogP contribution is 2.26. The van der Waals surface area contributed by atoms with E-state index in [-0.39, 0.29) is 12.0 Å². The first-order valence-corrected chi connectivity index (χ1v) is 7.21. The number of rotatable bonds is 3. The summed E-state index contributed by atoms with van der Waals surface area (Å²) in [6.07, 6.45) is 6.81. The summed E-state index contributed by atoms with van der Waals surface area (Å²) in [6, 6.07) is 2.01. The molecule has 0 saturated carbocycles. The van der Waals surface area contributed by atoms with E-state index >= 15 is 0 Å². The van der Waals surface area contributed by atoms with Crippen molar-refractivity contribution in [1.29, 1.82) is 0 Å². The normalized spacial score (nSPS) is 27.7. The van der Waals surface area contributed by atoms with E-state index in [0.29, 0.717) is 12.3 Å². The highest BCUT2D eigenvalue weighted by molar-refractivity contribution is 5.77. The molecule has 0 bridgehead atoms. The summed E-state index contributed by atoms with van der Waals surface area (Å²) in [5, 5.41) is 7.03. The van der Waals surface area contributed by atoms with E-state index in [9.17, 15) is 4.79 Å². The van der Waals surface area contributed by atoms with Gasteiger partial charge in [0.2, 0.25) is 5.91 Å². The van der Waals surface area contributed by atoms with Crippen molar-refractivity contribution in [2.24, 2.45) is 0 Å². The minimum absolute atomic E-state index is 0.153. The number of H-pyrrole nitrogens is 1. The van der Waals surface area contributed by atoms with Gasteiger partial charge in [0.05, 0.1) is 12.5 Å². The predicted molar refractivity (Wildman–Crippen MR) is 70.7 cm³/mol. The molecule has 2 fully saturated rings. The number of likely N-dealkylation sites (tertiary alicyclic amines) is 1. The van der Waals surface area contributed by atoms with E-state index in [1.807, 2.05) is 11.0 Å². The summed E-state index contributed by atoms with van der Waals surface area (Å²) in [7, 11) is 0. The van der Waals surface area contributed by atoms with Crippen LogP contribution in [0.4, 0.5) is 0 Å². The largest absolute Gasteiger partial charge is 0.378 e. The van der Waals surface area contributed by atoms with E-state index in [4.69, 9.17) is 4.74 Å². The predicted octanol–water partition coefficient (Wildman–Crippen LogP) is 1.68. The zero-order chi connectivity index (χ0) is 13.1. The van der Waals surface area contributed by atoms with Crippen LogP contribution >= 0.6 is 0 Å². The molecule has 5 heteroatoms. The van der Waals surface area contributed by atoms with Gasteiger partial charge in [-0.1, -0.05) is 0 Å². The third-order valence-electron chi connectivity index (χ3n) is 4.16. The third-order valence-corrected chi connectivity index (χ3v) is 4.16. The Kier molecular flexibility index (Phi) is 3.82. The number of carbonyl (C=O) groups excluding carboxylic acids is 1. The van der Waals surface area contributed by atoms with Crippen molar-refractivity contribution in [3.8, 4) is 0 Å². The molecule has 0 aliphatic carbocycles. The fourth-order valence-corrected chi connectivity index (χ4v) is 3.08. The standard InChI is InChI=1S/C14H21N3O2/c18-14(9-12-4-2-8-19-12)17-7-1-3-11(10-17)13-5-6-15-16-13/h5-6,11-12H,1-4,7-10H2,(H,15,16)/t11-,12+/m1/s1. The van der Waals surface area contributed by atoms with Crippen LogP contribution in [0.3, 0.4) is 0 Å². The van der Waals surface area contributed by atoms with Gasteiger partial charge in [-0.05, 0) is 31.7 Å². The van der Waals surface area contributed by atoms with Crippen LogP contribution in [0.2, 0.25) is 0 Å². The lowest BCUT2D eigenvalue weighted by molar-refractivity contribution is -0.134. The molecule has 0 unspecified atom stereocenters. The number of aromatic amines is 1. The number of carbonyl (C=O) groups is 1. The maximum Gasteiger partial charge on any atom is 0.225 e. The Morgan fingerprint density at radius 1 is 1.47 bits per heavy atom. The Hall–Kier alpha value is -1.36. The molecular weight excluding hydrogens is 242 g/mol. The number of ether oxygens (including phenoxy) is 1. The molecular formula is C14H21N3O2. The average Bonchev–Trinajstić information content (AvgIpc) is 3.12. The first kappa shape index (κ1) is 12.7. The summed E-state index contributed by atoms with van der Waals surface area (Å²) in [5.41, 5.74) is 1.15. The zero-order valence-electron chi connectivity index (χ0n) is 11.2. The maximum absolute atomic E-state index is 12.3. The second-order valence-electron chi connectivity index (χ2n) is 5.53. The molecule has 19 heavy (non-hydrogen) atoms. The molecule has 5 nitrogen and oxygen atoms in total. The highest BCUT2D eigenvalue weighted by atomic mass is 16.5.